The third-order valence-electron chi connectivity index (χ3n) is 6.22. The van der Waals surface area contributed by atoms with Crippen molar-refractivity contribution < 1.29 is 13.9 Å². The van der Waals surface area contributed by atoms with Gasteiger partial charge < -0.3 is 10.1 Å². The van der Waals surface area contributed by atoms with Crippen LogP contribution in [-0.2, 0) is 11.3 Å². The molecule has 1 fully saturated rings. The number of nitrogens with one attached hydrogen (secondary N) is 1. The number of methoxy groups -OCH3 is 1. The van der Waals surface area contributed by atoms with Gasteiger partial charge in [-0.1, -0.05) is 18.2 Å². The maximum Gasteiger partial charge on any atom is 0.220 e. The van der Waals surface area contributed by atoms with E-state index in [1.165, 1.54) is 13.2 Å². The van der Waals surface area contributed by atoms with Crippen molar-refractivity contribution in [1.29, 1.82) is 0 Å². The van der Waals surface area contributed by atoms with Crippen LogP contribution in [0.4, 0.5) is 4.39 Å². The van der Waals surface area contributed by atoms with E-state index >= 15 is 0 Å². The van der Waals surface area contributed by atoms with Crippen LogP contribution in [0, 0.1) is 12.7 Å². The molecule has 174 valence electrons. The van der Waals surface area contributed by atoms with Crippen LogP contribution in [0.2, 0.25) is 0 Å². The number of aromatic nitrogens is 2. The Morgan fingerprint density at radius 2 is 2.06 bits per heavy atom. The summed E-state index contributed by atoms with van der Waals surface area (Å²) in [6.45, 7) is 7.74. The van der Waals surface area contributed by atoms with E-state index in [0.29, 0.717) is 18.5 Å². The molecular weight excluding hydrogens is 419 g/mol. The van der Waals surface area contributed by atoms with Crippen LogP contribution in [0.15, 0.2) is 48.7 Å². The number of amides is 1. The minimum absolute atomic E-state index is 0.116. The van der Waals surface area contributed by atoms with E-state index in [9.17, 15) is 9.18 Å². The van der Waals surface area contributed by atoms with E-state index in [1.54, 1.807) is 6.07 Å². The van der Waals surface area contributed by atoms with Crippen molar-refractivity contribution in [2.75, 3.05) is 13.7 Å². The van der Waals surface area contributed by atoms with Gasteiger partial charge in [-0.2, -0.15) is 5.10 Å². The Bertz CT molecular complexity index is 1140. The van der Waals surface area contributed by atoms with Crippen molar-refractivity contribution in [3.05, 3.63) is 65.6 Å². The molecule has 0 bridgehead atoms. The average molecular weight is 451 g/mol. The summed E-state index contributed by atoms with van der Waals surface area (Å²) in [4.78, 5) is 14.0. The standard InChI is InChI=1S/C26H31FN4O2/c1-17(2)30(16-21-10-12-25(32)28-21)14-20-15-31(23-8-6-5-7-18(23)3)29-26(20)19-9-11-24(33-4)22(27)13-19/h5-9,11,13,15,17,21H,10,12,14,16H2,1-4H3,(H,28,32)/t21-/m0/s1. The second-order valence-electron chi connectivity index (χ2n) is 8.91. The topological polar surface area (TPSA) is 59.4 Å². The highest BCUT2D eigenvalue weighted by Gasteiger charge is 2.26. The molecular formula is C26H31FN4O2. The van der Waals surface area contributed by atoms with Crippen LogP contribution in [-0.4, -0.2) is 46.3 Å². The SMILES string of the molecule is COc1ccc(-c2nn(-c3ccccc3C)cc2CN(C[C@@H]2CCC(=O)N2)C(C)C)cc1F. The molecule has 7 heteroatoms. The van der Waals surface area contributed by atoms with Crippen LogP contribution in [0.25, 0.3) is 16.9 Å². The van der Waals surface area contributed by atoms with Gasteiger partial charge in [0.2, 0.25) is 5.91 Å². The first kappa shape index (κ1) is 23.0. The molecule has 1 saturated heterocycles. The second kappa shape index (κ2) is 9.75. The molecule has 2 heterocycles. The molecule has 2 aromatic carbocycles. The van der Waals surface area contributed by atoms with Crippen LogP contribution >= 0.6 is 0 Å². The molecule has 1 N–H and O–H groups in total. The Morgan fingerprint density at radius 3 is 2.70 bits per heavy atom. The van der Waals surface area contributed by atoms with Gasteiger partial charge in [0.05, 0.1) is 18.5 Å². The van der Waals surface area contributed by atoms with Gasteiger partial charge in [0.25, 0.3) is 0 Å². The Labute approximate surface area is 194 Å². The lowest BCUT2D eigenvalue weighted by molar-refractivity contribution is -0.119. The molecule has 0 aliphatic carbocycles. The van der Waals surface area contributed by atoms with E-state index < -0.39 is 5.82 Å². The lowest BCUT2D eigenvalue weighted by Crippen LogP contribution is -2.41. The number of hydrogen-bond donors (Lipinski definition) is 1. The van der Waals surface area contributed by atoms with Crippen molar-refractivity contribution in [2.24, 2.45) is 0 Å². The van der Waals surface area contributed by atoms with Gasteiger partial charge in [0.15, 0.2) is 11.6 Å². The molecule has 0 spiro atoms. The highest BCUT2D eigenvalue weighted by atomic mass is 19.1. The van der Waals surface area contributed by atoms with Crippen LogP contribution in [0.5, 0.6) is 5.75 Å². The largest absolute Gasteiger partial charge is 0.494 e. The Hall–Kier alpha value is -3.19. The highest BCUT2D eigenvalue weighted by molar-refractivity contribution is 5.78. The molecule has 1 aliphatic heterocycles. The van der Waals surface area contributed by atoms with Crippen LogP contribution in [0.3, 0.4) is 0 Å². The van der Waals surface area contributed by atoms with Crippen molar-refractivity contribution in [3.63, 3.8) is 0 Å². The van der Waals surface area contributed by atoms with Gasteiger partial charge >= 0.3 is 0 Å². The minimum atomic E-state index is -0.416. The second-order valence-corrected chi connectivity index (χ2v) is 8.91. The summed E-state index contributed by atoms with van der Waals surface area (Å²) in [5.74, 6) is -0.0920. The monoisotopic (exact) mass is 450 g/mol. The fourth-order valence-corrected chi connectivity index (χ4v) is 4.30. The normalized spacial score (nSPS) is 16.0. The Morgan fingerprint density at radius 1 is 1.27 bits per heavy atom. The number of carbonyl (C=O) groups is 1. The summed E-state index contributed by atoms with van der Waals surface area (Å²) in [6.07, 6.45) is 3.46. The zero-order valence-corrected chi connectivity index (χ0v) is 19.6. The number of benzene rings is 2. The summed E-state index contributed by atoms with van der Waals surface area (Å²) in [5.41, 5.74) is 4.53. The van der Waals surface area contributed by atoms with Gasteiger partial charge in [-0.25, -0.2) is 9.07 Å². The van der Waals surface area contributed by atoms with Crippen molar-refractivity contribution >= 4 is 5.91 Å². The predicted molar refractivity (Wildman–Crippen MR) is 127 cm³/mol. The molecule has 0 saturated carbocycles. The first-order valence-corrected chi connectivity index (χ1v) is 11.4. The van der Waals surface area contributed by atoms with Gasteiger partial charge in [0.1, 0.15) is 0 Å². The smallest absolute Gasteiger partial charge is 0.220 e. The third-order valence-corrected chi connectivity index (χ3v) is 6.22. The van der Waals surface area contributed by atoms with E-state index in [0.717, 1.165) is 35.5 Å². The maximum atomic E-state index is 14.5. The first-order chi connectivity index (χ1) is 15.9. The summed E-state index contributed by atoms with van der Waals surface area (Å²) in [6, 6.07) is 13.4. The molecule has 0 radical (unpaired) electrons. The number of halogens is 1. The number of rotatable bonds is 8. The summed E-state index contributed by atoms with van der Waals surface area (Å²) >= 11 is 0. The summed E-state index contributed by atoms with van der Waals surface area (Å²) in [7, 11) is 1.46. The number of para-hydroxylation sites is 1. The quantitative estimate of drug-likeness (QED) is 0.550. The molecule has 1 amide bonds. The molecule has 1 aliphatic rings. The van der Waals surface area contributed by atoms with Crippen LogP contribution < -0.4 is 10.1 Å². The number of hydrogen-bond acceptors (Lipinski definition) is 4. The van der Waals surface area contributed by atoms with E-state index in [-0.39, 0.29) is 23.7 Å². The third kappa shape index (κ3) is 5.09. The van der Waals surface area contributed by atoms with Crippen molar-refractivity contribution in [1.82, 2.24) is 20.0 Å². The van der Waals surface area contributed by atoms with Crippen molar-refractivity contribution in [3.8, 4) is 22.7 Å². The number of ether oxygens (including phenoxy) is 1. The predicted octanol–water partition coefficient (Wildman–Crippen LogP) is 4.48. The van der Waals surface area contributed by atoms with E-state index in [2.05, 4.69) is 24.1 Å². The first-order valence-electron chi connectivity index (χ1n) is 11.4. The fraction of sp³-hybridized carbons (Fsp3) is 0.385. The molecule has 4 rings (SSSR count). The van der Waals surface area contributed by atoms with E-state index in [4.69, 9.17) is 9.84 Å². The van der Waals surface area contributed by atoms with Crippen LogP contribution in [0.1, 0.15) is 37.8 Å². The maximum absolute atomic E-state index is 14.5. The van der Waals surface area contributed by atoms with Gasteiger partial charge in [0, 0.05) is 48.9 Å². The zero-order chi connectivity index (χ0) is 23.5. The average Bonchev–Trinajstić information content (AvgIpc) is 3.39. The summed E-state index contributed by atoms with van der Waals surface area (Å²) < 4.78 is 21.5. The molecule has 6 nitrogen and oxygen atoms in total. The molecule has 1 atom stereocenters. The van der Waals surface area contributed by atoms with Gasteiger partial charge in [-0.3, -0.25) is 9.69 Å². The summed E-state index contributed by atoms with van der Waals surface area (Å²) in [5, 5.41) is 7.94. The van der Waals surface area contributed by atoms with Gasteiger partial charge in [-0.15, -0.1) is 0 Å². The number of aryl methyl sites for hydroxylation is 1. The van der Waals surface area contributed by atoms with Crippen molar-refractivity contribution in [2.45, 2.75) is 52.2 Å². The molecule has 33 heavy (non-hydrogen) atoms. The molecule has 3 aromatic rings. The highest BCUT2D eigenvalue weighted by Crippen LogP contribution is 2.30. The lowest BCUT2D eigenvalue weighted by atomic mass is 10.1. The minimum Gasteiger partial charge on any atom is -0.494 e. The Balaban J connectivity index is 1.72. The zero-order valence-electron chi connectivity index (χ0n) is 19.6. The van der Waals surface area contributed by atoms with Gasteiger partial charge in [-0.05, 0) is 57.0 Å². The fourth-order valence-electron chi connectivity index (χ4n) is 4.30. The number of nitrogens with zero attached hydrogens (tertiary/aromatic N) is 3. The molecule has 0 unspecified atom stereocenters. The number of carbonyl (C=O) groups excluding carboxylic acids is 1. The molecule has 1 aromatic heterocycles. The van der Waals surface area contributed by atoms with E-state index in [1.807, 2.05) is 48.1 Å². The Kier molecular flexibility index (Phi) is 6.79. The lowest BCUT2D eigenvalue weighted by Gasteiger charge is -2.29.